The molecule has 2 atom stereocenters. The Balaban J connectivity index is 1.94. The Morgan fingerprint density at radius 1 is 1.29 bits per heavy atom. The average molecular weight is 288 g/mol. The molecule has 0 spiro atoms. The summed E-state index contributed by atoms with van der Waals surface area (Å²) in [6.45, 7) is 8.14. The van der Waals surface area contributed by atoms with Crippen LogP contribution in [0, 0.1) is 0 Å². The maximum Gasteiger partial charge on any atom is 0.116 e. The molecule has 0 amide bonds. The van der Waals surface area contributed by atoms with E-state index in [0.717, 1.165) is 6.54 Å². The smallest absolute Gasteiger partial charge is 0.116 e. The van der Waals surface area contributed by atoms with Crippen molar-refractivity contribution in [1.82, 2.24) is 10.6 Å². The summed E-state index contributed by atoms with van der Waals surface area (Å²) in [4.78, 5) is 0. The monoisotopic (exact) mass is 288 g/mol. The summed E-state index contributed by atoms with van der Waals surface area (Å²) in [6, 6.07) is 9.44. The predicted octanol–water partition coefficient (Wildman–Crippen LogP) is 3.66. The third kappa shape index (κ3) is 4.58. The van der Waals surface area contributed by atoms with Crippen molar-refractivity contribution in [2.45, 2.75) is 58.7 Å². The van der Waals surface area contributed by atoms with E-state index in [4.69, 9.17) is 4.74 Å². The van der Waals surface area contributed by atoms with E-state index >= 15 is 0 Å². The topological polar surface area (TPSA) is 33.3 Å². The molecule has 1 heterocycles. The second-order valence-corrected chi connectivity index (χ2v) is 5.73. The molecule has 116 valence electrons. The van der Waals surface area contributed by atoms with Crippen LogP contribution in [0.3, 0.4) is 0 Å². The minimum Gasteiger partial charge on any atom is -0.368 e. The third-order valence-electron chi connectivity index (χ3n) is 4.12. The van der Waals surface area contributed by atoms with Crippen LogP contribution in [0.25, 0.3) is 5.57 Å². The number of hydrogen-bond donors (Lipinski definition) is 2. The molecule has 1 aromatic rings. The summed E-state index contributed by atoms with van der Waals surface area (Å²) in [5.74, 6) is 0. The quantitative estimate of drug-likeness (QED) is 0.803. The molecule has 2 rings (SSSR count). The highest BCUT2D eigenvalue weighted by atomic mass is 16.5. The fourth-order valence-electron chi connectivity index (χ4n) is 2.73. The van der Waals surface area contributed by atoms with Gasteiger partial charge in [-0.1, -0.05) is 44.5 Å². The Morgan fingerprint density at radius 2 is 2.05 bits per heavy atom. The lowest BCUT2D eigenvalue weighted by Gasteiger charge is -2.22. The largest absolute Gasteiger partial charge is 0.368 e. The molecule has 1 aromatic carbocycles. The summed E-state index contributed by atoms with van der Waals surface area (Å²) in [7, 11) is 0. The van der Waals surface area contributed by atoms with Gasteiger partial charge in [0.25, 0.3) is 0 Å². The highest BCUT2D eigenvalue weighted by Crippen LogP contribution is 2.22. The van der Waals surface area contributed by atoms with E-state index in [1.54, 1.807) is 0 Å². The molecule has 0 radical (unpaired) electrons. The fourth-order valence-corrected chi connectivity index (χ4v) is 2.73. The van der Waals surface area contributed by atoms with E-state index in [2.05, 4.69) is 61.9 Å². The van der Waals surface area contributed by atoms with E-state index in [-0.39, 0.29) is 6.10 Å². The minimum atomic E-state index is 0.157. The molecule has 0 saturated carbocycles. The van der Waals surface area contributed by atoms with Crippen LogP contribution in [-0.2, 0) is 11.3 Å². The van der Waals surface area contributed by atoms with Gasteiger partial charge in [-0.15, -0.1) is 0 Å². The Labute approximate surface area is 128 Å². The van der Waals surface area contributed by atoms with Gasteiger partial charge in [-0.3, -0.25) is 0 Å². The van der Waals surface area contributed by atoms with Crippen molar-refractivity contribution < 1.29 is 4.74 Å². The summed E-state index contributed by atoms with van der Waals surface area (Å²) >= 11 is 0. The lowest BCUT2D eigenvalue weighted by molar-refractivity contribution is 0.0864. The van der Waals surface area contributed by atoms with E-state index in [9.17, 15) is 0 Å². The van der Waals surface area contributed by atoms with Gasteiger partial charge >= 0.3 is 0 Å². The minimum absolute atomic E-state index is 0.157. The average Bonchev–Trinajstić information content (AvgIpc) is 2.52. The van der Waals surface area contributed by atoms with Crippen LogP contribution in [0.4, 0.5) is 0 Å². The van der Waals surface area contributed by atoms with E-state index < -0.39 is 0 Å². The lowest BCUT2D eigenvalue weighted by Crippen LogP contribution is -2.27. The van der Waals surface area contributed by atoms with Crippen molar-refractivity contribution in [3.05, 3.63) is 41.6 Å². The molecule has 0 saturated heterocycles. The zero-order valence-electron chi connectivity index (χ0n) is 13.5. The van der Waals surface area contributed by atoms with Gasteiger partial charge in [0.1, 0.15) is 6.73 Å². The number of hydrogen-bond acceptors (Lipinski definition) is 3. The Morgan fingerprint density at radius 3 is 2.67 bits per heavy atom. The fraction of sp³-hybridized carbons (Fsp3) is 0.556. The van der Waals surface area contributed by atoms with Gasteiger partial charge in [0.15, 0.2) is 0 Å². The lowest BCUT2D eigenvalue weighted by atomic mass is 10.00. The molecule has 0 aliphatic carbocycles. The number of ether oxygens (including phenoxy) is 1. The first-order valence-corrected chi connectivity index (χ1v) is 8.12. The SMILES string of the molecule is CCC[C@@H](CC)NCc1ccc(C2=CNCOC2C)cc1. The molecule has 0 fully saturated rings. The van der Waals surface area contributed by atoms with Crippen LogP contribution in [0.2, 0.25) is 0 Å². The van der Waals surface area contributed by atoms with Gasteiger partial charge in [0, 0.05) is 24.4 Å². The molecular formula is C18H28N2O. The number of nitrogens with one attached hydrogen (secondary N) is 2. The van der Waals surface area contributed by atoms with Gasteiger partial charge in [0.2, 0.25) is 0 Å². The molecule has 1 aliphatic heterocycles. The normalized spacial score (nSPS) is 19.8. The standard InChI is InChI=1S/C18H28N2O/c1-4-6-17(5-2)20-11-15-7-9-16(10-8-15)18-12-19-13-21-14(18)3/h7-10,12,14,17,19-20H,4-6,11,13H2,1-3H3/t14?,17-/m1/s1. The Bertz CT molecular complexity index is 453. The van der Waals surface area contributed by atoms with Crippen LogP contribution in [-0.4, -0.2) is 18.9 Å². The number of rotatable bonds is 7. The van der Waals surface area contributed by atoms with Crippen molar-refractivity contribution in [3.63, 3.8) is 0 Å². The second kappa shape index (κ2) is 8.20. The Hall–Kier alpha value is -1.32. The molecule has 3 heteroatoms. The first kappa shape index (κ1) is 16.1. The summed E-state index contributed by atoms with van der Waals surface area (Å²) < 4.78 is 5.60. The highest BCUT2D eigenvalue weighted by molar-refractivity contribution is 5.68. The van der Waals surface area contributed by atoms with E-state index in [0.29, 0.717) is 12.8 Å². The van der Waals surface area contributed by atoms with Crippen molar-refractivity contribution in [2.24, 2.45) is 0 Å². The van der Waals surface area contributed by atoms with E-state index in [1.807, 2.05) is 0 Å². The molecular weight excluding hydrogens is 260 g/mol. The van der Waals surface area contributed by atoms with Crippen molar-refractivity contribution >= 4 is 5.57 Å². The zero-order valence-corrected chi connectivity index (χ0v) is 13.5. The van der Waals surface area contributed by atoms with E-state index in [1.165, 1.54) is 36.0 Å². The molecule has 0 aromatic heterocycles. The van der Waals surface area contributed by atoms with Gasteiger partial charge < -0.3 is 15.4 Å². The van der Waals surface area contributed by atoms with Gasteiger partial charge in [-0.2, -0.15) is 0 Å². The first-order valence-electron chi connectivity index (χ1n) is 8.12. The van der Waals surface area contributed by atoms with Crippen molar-refractivity contribution in [1.29, 1.82) is 0 Å². The van der Waals surface area contributed by atoms with Gasteiger partial charge in [0.05, 0.1) is 6.10 Å². The third-order valence-corrected chi connectivity index (χ3v) is 4.12. The van der Waals surface area contributed by atoms with Crippen LogP contribution in [0.1, 0.15) is 51.2 Å². The molecule has 3 nitrogen and oxygen atoms in total. The van der Waals surface area contributed by atoms with Crippen molar-refractivity contribution in [2.75, 3.05) is 6.73 Å². The summed E-state index contributed by atoms with van der Waals surface area (Å²) in [5, 5.41) is 6.79. The first-order chi connectivity index (χ1) is 10.2. The maximum absolute atomic E-state index is 5.60. The van der Waals surface area contributed by atoms with Gasteiger partial charge in [-0.25, -0.2) is 0 Å². The highest BCUT2D eigenvalue weighted by Gasteiger charge is 2.14. The summed E-state index contributed by atoms with van der Waals surface area (Å²) in [5.41, 5.74) is 3.79. The Kier molecular flexibility index (Phi) is 6.27. The van der Waals surface area contributed by atoms with Crippen LogP contribution >= 0.6 is 0 Å². The van der Waals surface area contributed by atoms with Crippen LogP contribution < -0.4 is 10.6 Å². The number of benzene rings is 1. The molecule has 2 N–H and O–H groups in total. The molecule has 1 unspecified atom stereocenters. The zero-order chi connectivity index (χ0) is 15.1. The predicted molar refractivity (Wildman–Crippen MR) is 88.8 cm³/mol. The molecule has 21 heavy (non-hydrogen) atoms. The molecule has 0 bridgehead atoms. The second-order valence-electron chi connectivity index (χ2n) is 5.73. The van der Waals surface area contributed by atoms with Crippen LogP contribution in [0.5, 0.6) is 0 Å². The summed E-state index contributed by atoms with van der Waals surface area (Å²) in [6.07, 6.45) is 5.91. The maximum atomic E-state index is 5.60. The molecule has 1 aliphatic rings. The van der Waals surface area contributed by atoms with Gasteiger partial charge in [-0.05, 0) is 30.9 Å². The van der Waals surface area contributed by atoms with Crippen molar-refractivity contribution in [3.8, 4) is 0 Å². The van der Waals surface area contributed by atoms with Crippen LogP contribution in [0.15, 0.2) is 30.5 Å².